The Kier molecular flexibility index (Phi) is 11.6. The molecule has 0 aliphatic carbocycles. The normalized spacial score (nSPS) is 12.3. The van der Waals surface area contributed by atoms with Crippen molar-refractivity contribution in [3.8, 4) is 0 Å². The van der Waals surface area contributed by atoms with Crippen LogP contribution < -0.4 is 5.32 Å². The van der Waals surface area contributed by atoms with Crippen LogP contribution in [0, 0.1) is 11.7 Å². The molecule has 0 fully saturated rings. The largest absolute Gasteiger partial charge is 0.459 e. The summed E-state index contributed by atoms with van der Waals surface area (Å²) < 4.78 is 24.5. The molecular weight excluding hydrogens is 515 g/mol. The van der Waals surface area contributed by atoms with Gasteiger partial charge in [0, 0.05) is 13.0 Å². The van der Waals surface area contributed by atoms with Gasteiger partial charge in [-0.15, -0.1) is 0 Å². The van der Waals surface area contributed by atoms with Crippen LogP contribution in [0.25, 0.3) is 0 Å². The monoisotopic (exact) mass is 550 g/mol. The van der Waals surface area contributed by atoms with Crippen molar-refractivity contribution in [2.45, 2.75) is 45.6 Å². The second-order valence-corrected chi connectivity index (χ2v) is 9.84. The standard InChI is InChI=1S/C31H35FN2O6/c1-22(2)18-34(19-28(35)30(37)40-21-24-12-7-4-8-13-24)31(38)33-27(17-25-14-9-15-26(32)16-25)29(36)39-20-23-10-5-3-6-11-23/h3-16,22,27-28,35H,17-21H2,1-2H3,(H,33,38)/t27-,28?/m0/s1. The van der Waals surface area contributed by atoms with Crippen LogP contribution in [0.5, 0.6) is 0 Å². The summed E-state index contributed by atoms with van der Waals surface area (Å²) in [6, 6.07) is 22.0. The van der Waals surface area contributed by atoms with Crippen LogP contribution in [-0.2, 0) is 38.7 Å². The van der Waals surface area contributed by atoms with Gasteiger partial charge >= 0.3 is 18.0 Å². The van der Waals surface area contributed by atoms with Gasteiger partial charge in [-0.05, 0) is 34.7 Å². The summed E-state index contributed by atoms with van der Waals surface area (Å²) >= 11 is 0. The highest BCUT2D eigenvalue weighted by Gasteiger charge is 2.29. The number of hydrogen-bond donors (Lipinski definition) is 2. The van der Waals surface area contributed by atoms with Gasteiger partial charge in [0.15, 0.2) is 6.10 Å². The number of benzene rings is 3. The van der Waals surface area contributed by atoms with Crippen LogP contribution in [0.1, 0.15) is 30.5 Å². The number of nitrogens with one attached hydrogen (secondary N) is 1. The SMILES string of the molecule is CC(C)CN(CC(O)C(=O)OCc1ccccc1)C(=O)N[C@@H](Cc1cccc(F)c1)C(=O)OCc1ccccc1. The van der Waals surface area contributed by atoms with Crippen molar-refractivity contribution in [2.75, 3.05) is 13.1 Å². The number of aliphatic hydroxyl groups excluding tert-OH is 1. The minimum Gasteiger partial charge on any atom is -0.459 e. The first-order valence-corrected chi connectivity index (χ1v) is 13.1. The Morgan fingerprint density at radius 2 is 1.35 bits per heavy atom. The zero-order valence-electron chi connectivity index (χ0n) is 22.7. The number of aliphatic hydroxyl groups is 1. The Hall–Kier alpha value is -4.24. The van der Waals surface area contributed by atoms with Gasteiger partial charge in [0.05, 0.1) is 6.54 Å². The van der Waals surface area contributed by atoms with Crippen molar-refractivity contribution in [3.05, 3.63) is 107 Å². The van der Waals surface area contributed by atoms with E-state index in [2.05, 4.69) is 5.32 Å². The molecule has 0 saturated heterocycles. The van der Waals surface area contributed by atoms with E-state index in [1.165, 1.54) is 23.1 Å². The maximum Gasteiger partial charge on any atom is 0.337 e. The lowest BCUT2D eigenvalue weighted by Crippen LogP contribution is -2.52. The molecule has 3 aromatic carbocycles. The summed E-state index contributed by atoms with van der Waals surface area (Å²) in [5.74, 6) is -2.05. The molecule has 2 atom stereocenters. The van der Waals surface area contributed by atoms with Gasteiger partial charge in [0.25, 0.3) is 0 Å². The number of carbonyl (C=O) groups excluding carboxylic acids is 3. The number of ether oxygens (including phenoxy) is 2. The number of carbonyl (C=O) groups is 3. The Bertz CT molecular complexity index is 1240. The highest BCUT2D eigenvalue weighted by atomic mass is 19.1. The second kappa shape index (κ2) is 15.4. The number of esters is 2. The first kappa shape index (κ1) is 30.3. The van der Waals surface area contributed by atoms with Crippen LogP contribution in [0.2, 0.25) is 0 Å². The first-order valence-electron chi connectivity index (χ1n) is 13.1. The smallest absolute Gasteiger partial charge is 0.337 e. The summed E-state index contributed by atoms with van der Waals surface area (Å²) in [6.07, 6.45) is -1.62. The molecule has 3 aromatic rings. The molecule has 212 valence electrons. The van der Waals surface area contributed by atoms with Crippen LogP contribution in [0.15, 0.2) is 84.9 Å². The number of urea groups is 1. The average molecular weight is 551 g/mol. The molecule has 0 bridgehead atoms. The average Bonchev–Trinajstić information content (AvgIpc) is 2.94. The molecule has 8 nitrogen and oxygen atoms in total. The van der Waals surface area contributed by atoms with Gasteiger partial charge in [-0.25, -0.2) is 18.8 Å². The summed E-state index contributed by atoms with van der Waals surface area (Å²) in [5, 5.41) is 13.2. The molecule has 9 heteroatoms. The third kappa shape index (κ3) is 10.1. The van der Waals surface area contributed by atoms with Gasteiger partial charge in [-0.3, -0.25) is 0 Å². The molecule has 3 rings (SSSR count). The van der Waals surface area contributed by atoms with E-state index in [1.807, 2.05) is 38.1 Å². The van der Waals surface area contributed by atoms with Gasteiger partial charge < -0.3 is 24.8 Å². The minimum absolute atomic E-state index is 0.00310. The lowest BCUT2D eigenvalue weighted by molar-refractivity contribution is -0.155. The molecule has 2 N–H and O–H groups in total. The van der Waals surface area contributed by atoms with E-state index < -0.39 is 35.9 Å². The van der Waals surface area contributed by atoms with Crippen LogP contribution in [0.4, 0.5) is 9.18 Å². The second-order valence-electron chi connectivity index (χ2n) is 9.84. The van der Waals surface area contributed by atoms with E-state index in [4.69, 9.17) is 9.47 Å². The number of amides is 2. The molecular formula is C31H35FN2O6. The maximum atomic E-state index is 13.8. The van der Waals surface area contributed by atoms with Crippen LogP contribution in [0.3, 0.4) is 0 Å². The van der Waals surface area contributed by atoms with Crippen molar-refractivity contribution in [3.63, 3.8) is 0 Å². The van der Waals surface area contributed by atoms with E-state index in [1.54, 1.807) is 42.5 Å². The fourth-order valence-corrected chi connectivity index (χ4v) is 3.95. The lowest BCUT2D eigenvalue weighted by atomic mass is 10.1. The lowest BCUT2D eigenvalue weighted by Gasteiger charge is -2.28. The zero-order chi connectivity index (χ0) is 28.9. The summed E-state index contributed by atoms with van der Waals surface area (Å²) in [4.78, 5) is 40.1. The first-order chi connectivity index (χ1) is 19.2. The molecule has 1 unspecified atom stereocenters. The molecule has 0 aliphatic heterocycles. The van der Waals surface area contributed by atoms with E-state index in [0.29, 0.717) is 5.56 Å². The van der Waals surface area contributed by atoms with E-state index in [0.717, 1.165) is 11.1 Å². The minimum atomic E-state index is -1.60. The van der Waals surface area contributed by atoms with Crippen molar-refractivity contribution < 1.29 is 33.4 Å². The molecule has 0 radical (unpaired) electrons. The molecule has 40 heavy (non-hydrogen) atoms. The van der Waals surface area contributed by atoms with Gasteiger partial charge in [-0.2, -0.15) is 0 Å². The maximum absolute atomic E-state index is 13.8. The topological polar surface area (TPSA) is 105 Å². The predicted molar refractivity (Wildman–Crippen MR) is 147 cm³/mol. The van der Waals surface area contributed by atoms with Gasteiger partial charge in [-0.1, -0.05) is 86.6 Å². The Balaban J connectivity index is 1.69. The summed E-state index contributed by atoms with van der Waals surface area (Å²) in [5.41, 5.74) is 2.01. The fraction of sp³-hybridized carbons (Fsp3) is 0.323. The predicted octanol–water partition coefficient (Wildman–Crippen LogP) is 4.25. The van der Waals surface area contributed by atoms with Crippen LogP contribution in [-0.4, -0.2) is 53.2 Å². The third-order valence-corrected chi connectivity index (χ3v) is 5.90. The number of nitrogens with zero attached hydrogens (tertiary/aromatic N) is 1. The fourth-order valence-electron chi connectivity index (χ4n) is 3.95. The molecule has 2 amide bonds. The Labute approximate surface area is 233 Å². The van der Waals surface area contributed by atoms with Gasteiger partial charge in [0.1, 0.15) is 25.1 Å². The Morgan fingerprint density at radius 1 is 0.800 bits per heavy atom. The molecule has 0 aliphatic rings. The highest BCUT2D eigenvalue weighted by molar-refractivity contribution is 5.84. The molecule has 0 saturated carbocycles. The quantitative estimate of drug-likeness (QED) is 0.308. The number of rotatable bonds is 13. The van der Waals surface area contributed by atoms with Crippen molar-refractivity contribution >= 4 is 18.0 Å². The highest BCUT2D eigenvalue weighted by Crippen LogP contribution is 2.11. The van der Waals surface area contributed by atoms with Crippen LogP contribution >= 0.6 is 0 Å². The van der Waals surface area contributed by atoms with Crippen molar-refractivity contribution in [2.24, 2.45) is 5.92 Å². The van der Waals surface area contributed by atoms with Crippen molar-refractivity contribution in [1.29, 1.82) is 0 Å². The molecule has 0 heterocycles. The zero-order valence-corrected chi connectivity index (χ0v) is 22.7. The van der Waals surface area contributed by atoms with Gasteiger partial charge in [0.2, 0.25) is 0 Å². The Morgan fingerprint density at radius 3 is 1.90 bits per heavy atom. The summed E-state index contributed by atoms with van der Waals surface area (Å²) in [6.45, 7) is 3.58. The number of hydrogen-bond acceptors (Lipinski definition) is 6. The third-order valence-electron chi connectivity index (χ3n) is 5.90. The van der Waals surface area contributed by atoms with E-state index in [-0.39, 0.29) is 38.6 Å². The molecule has 0 spiro atoms. The van der Waals surface area contributed by atoms with Crippen molar-refractivity contribution in [1.82, 2.24) is 10.2 Å². The molecule has 0 aromatic heterocycles. The van der Waals surface area contributed by atoms with E-state index in [9.17, 15) is 23.9 Å². The summed E-state index contributed by atoms with van der Waals surface area (Å²) in [7, 11) is 0. The van der Waals surface area contributed by atoms with E-state index >= 15 is 0 Å². The number of halogens is 1.